The molecule has 0 spiro atoms. The van der Waals surface area contributed by atoms with Crippen molar-refractivity contribution in [2.24, 2.45) is 10.7 Å². The van der Waals surface area contributed by atoms with Crippen molar-refractivity contribution in [1.82, 2.24) is 0 Å². The maximum Gasteiger partial charge on any atom is 0.334 e. The fraction of sp³-hybridized carbons (Fsp3) is 0.447. The van der Waals surface area contributed by atoms with Crippen molar-refractivity contribution >= 4 is 29.8 Å². The minimum Gasteiger partial charge on any atom is -0.459 e. The van der Waals surface area contributed by atoms with Gasteiger partial charge in [0.15, 0.2) is 5.54 Å². The van der Waals surface area contributed by atoms with Crippen LogP contribution in [0.25, 0.3) is 0 Å². The average molecular weight is 637 g/mol. The molecule has 0 radical (unpaired) electrons. The molecule has 0 bridgehead atoms. The highest BCUT2D eigenvalue weighted by atomic mass is 35.5. The second-order valence-electron chi connectivity index (χ2n) is 13.8. The zero-order valence-electron chi connectivity index (χ0n) is 28.0. The van der Waals surface area contributed by atoms with Gasteiger partial charge in [-0.25, -0.2) is 4.79 Å². The van der Waals surface area contributed by atoms with E-state index in [9.17, 15) is 9.59 Å². The molecule has 2 N–H and O–H groups in total. The van der Waals surface area contributed by atoms with Crippen molar-refractivity contribution in [2.45, 2.75) is 112 Å². The van der Waals surface area contributed by atoms with Gasteiger partial charge >= 0.3 is 11.9 Å². The highest BCUT2D eigenvalue weighted by Crippen LogP contribution is 2.24. The molecule has 0 aliphatic rings. The smallest absolute Gasteiger partial charge is 0.334 e. The monoisotopic (exact) mass is 636 g/mol. The summed E-state index contributed by atoms with van der Waals surface area (Å²) in [4.78, 5) is 29.5. The summed E-state index contributed by atoms with van der Waals surface area (Å²) >= 11 is 5.93. The predicted octanol–water partition coefficient (Wildman–Crippen LogP) is 8.64. The lowest BCUT2D eigenvalue weighted by Crippen LogP contribution is -2.50. The Morgan fingerprint density at radius 1 is 0.689 bits per heavy atom. The van der Waals surface area contributed by atoms with Gasteiger partial charge in [0, 0.05) is 24.1 Å². The topological polar surface area (TPSA) is 91.0 Å². The van der Waals surface area contributed by atoms with Crippen LogP contribution >= 0.6 is 11.6 Å². The largest absolute Gasteiger partial charge is 0.459 e. The molecule has 0 aliphatic heterocycles. The summed E-state index contributed by atoms with van der Waals surface area (Å²) < 4.78 is 11.0. The number of ether oxygens (including phenoxy) is 2. The Hall–Kier alpha value is -3.48. The Morgan fingerprint density at radius 3 is 1.51 bits per heavy atom. The molecule has 7 heteroatoms. The first-order valence-corrected chi connectivity index (χ1v) is 15.2. The lowest BCUT2D eigenvalue weighted by molar-refractivity contribution is -0.161. The molecule has 0 aromatic heterocycles. The molecule has 0 unspecified atom stereocenters. The number of aryl methyl sites for hydroxylation is 2. The summed E-state index contributed by atoms with van der Waals surface area (Å²) in [6.07, 6.45) is 2.64. The van der Waals surface area contributed by atoms with Crippen LogP contribution in [-0.2, 0) is 31.9 Å². The maximum atomic E-state index is 12.9. The quantitative estimate of drug-likeness (QED) is 0.197. The summed E-state index contributed by atoms with van der Waals surface area (Å²) in [6.45, 7) is 18.7. The lowest BCUT2D eigenvalue weighted by atomic mass is 9.92. The molecule has 3 aromatic rings. The molecular formula is C38H53ClN2O4. The second kappa shape index (κ2) is 16.2. The SMILES string of the molecule is C.Cc1ccc(C[C@](C)(N)C(=O)OC(C)(C)C)cc1.Cc1ccc(C[C@](C)(N=Cc2ccc(Cl)cc2)C(=O)OC(C)(C)C)cc1. The predicted molar refractivity (Wildman–Crippen MR) is 188 cm³/mol. The summed E-state index contributed by atoms with van der Waals surface area (Å²) in [5.74, 6) is -0.702. The van der Waals surface area contributed by atoms with Crippen LogP contribution in [0.15, 0.2) is 77.8 Å². The van der Waals surface area contributed by atoms with E-state index in [2.05, 4.69) is 4.99 Å². The van der Waals surface area contributed by atoms with E-state index in [0.29, 0.717) is 17.9 Å². The minimum absolute atomic E-state index is 0. The zero-order valence-corrected chi connectivity index (χ0v) is 28.7. The van der Waals surface area contributed by atoms with Gasteiger partial charge in [0.05, 0.1) is 0 Å². The number of halogens is 1. The van der Waals surface area contributed by atoms with Crippen molar-refractivity contribution in [3.63, 3.8) is 0 Å². The Bertz CT molecular complexity index is 1400. The van der Waals surface area contributed by atoms with Crippen LogP contribution < -0.4 is 5.73 Å². The summed E-state index contributed by atoms with van der Waals surface area (Å²) in [5.41, 5.74) is 8.30. The zero-order chi connectivity index (χ0) is 33.3. The van der Waals surface area contributed by atoms with Crippen LogP contribution in [0.1, 0.15) is 90.6 Å². The third-order valence-electron chi connectivity index (χ3n) is 6.43. The van der Waals surface area contributed by atoms with E-state index < -0.39 is 22.3 Å². The molecular weight excluding hydrogens is 584 g/mol. The summed E-state index contributed by atoms with van der Waals surface area (Å²) in [6, 6.07) is 23.5. The van der Waals surface area contributed by atoms with Gasteiger partial charge in [0.1, 0.15) is 16.7 Å². The van der Waals surface area contributed by atoms with Crippen LogP contribution in [0.4, 0.5) is 0 Å². The first-order valence-electron chi connectivity index (χ1n) is 14.9. The Balaban J connectivity index is 0.000000470. The molecule has 6 nitrogen and oxygen atoms in total. The number of carbonyl (C=O) groups is 2. The van der Waals surface area contributed by atoms with E-state index in [0.717, 1.165) is 16.7 Å². The van der Waals surface area contributed by atoms with Gasteiger partial charge in [-0.1, -0.05) is 90.8 Å². The number of hydrogen-bond donors (Lipinski definition) is 1. The third-order valence-corrected chi connectivity index (χ3v) is 6.69. The van der Waals surface area contributed by atoms with Gasteiger partial charge in [-0.3, -0.25) is 9.79 Å². The average Bonchev–Trinajstić information content (AvgIpc) is 2.89. The van der Waals surface area contributed by atoms with E-state index in [1.165, 1.54) is 11.1 Å². The first kappa shape index (κ1) is 39.5. The van der Waals surface area contributed by atoms with Crippen molar-refractivity contribution in [2.75, 3.05) is 0 Å². The third kappa shape index (κ3) is 14.4. The number of nitrogens with two attached hydrogens (primary N) is 1. The number of hydrogen-bond acceptors (Lipinski definition) is 6. The van der Waals surface area contributed by atoms with Crippen molar-refractivity contribution in [1.29, 1.82) is 0 Å². The number of aliphatic imine (C=N–C) groups is 1. The summed E-state index contributed by atoms with van der Waals surface area (Å²) in [7, 11) is 0. The molecule has 0 amide bonds. The maximum absolute atomic E-state index is 12.9. The van der Waals surface area contributed by atoms with Gasteiger partial charge in [0.25, 0.3) is 0 Å². The Labute approximate surface area is 276 Å². The first-order chi connectivity index (χ1) is 20.2. The van der Waals surface area contributed by atoms with Crippen molar-refractivity contribution < 1.29 is 19.1 Å². The molecule has 0 saturated carbocycles. The fourth-order valence-electron chi connectivity index (χ4n) is 4.02. The van der Waals surface area contributed by atoms with E-state index in [1.54, 1.807) is 25.3 Å². The van der Waals surface area contributed by atoms with Crippen LogP contribution in [0.2, 0.25) is 5.02 Å². The van der Waals surface area contributed by atoms with Gasteiger partial charge in [-0.15, -0.1) is 0 Å². The number of esters is 2. The van der Waals surface area contributed by atoms with Crippen LogP contribution in [0, 0.1) is 13.8 Å². The highest BCUT2D eigenvalue weighted by Gasteiger charge is 2.37. The number of nitrogens with zero attached hydrogens (tertiary/aromatic N) is 1. The molecule has 45 heavy (non-hydrogen) atoms. The van der Waals surface area contributed by atoms with E-state index in [-0.39, 0.29) is 19.4 Å². The van der Waals surface area contributed by atoms with E-state index in [4.69, 9.17) is 26.8 Å². The normalized spacial score (nSPS) is 14.2. The van der Waals surface area contributed by atoms with Crippen LogP contribution in [0.3, 0.4) is 0 Å². The molecule has 3 rings (SSSR count). The highest BCUT2D eigenvalue weighted by molar-refractivity contribution is 6.30. The minimum atomic E-state index is -1.01. The number of benzene rings is 3. The standard InChI is InChI=1S/C22H26ClNO2.C15H23NO2.CH4/c1-16-6-8-17(9-7-16)14-22(5,20(25)26-21(2,3)4)24-15-18-10-12-19(23)13-11-18;1-11-6-8-12(9-7-11)10-15(5,16)13(17)18-14(2,3)4;/h6-13,15H,14H2,1-5H3;6-9H,10,16H2,1-5H3;1H4/t22-;15-;/m00./s1. The lowest BCUT2D eigenvalue weighted by Gasteiger charge is -2.28. The van der Waals surface area contributed by atoms with Gasteiger partial charge in [0.2, 0.25) is 0 Å². The van der Waals surface area contributed by atoms with E-state index >= 15 is 0 Å². The van der Waals surface area contributed by atoms with Crippen LogP contribution in [-0.4, -0.2) is 40.4 Å². The molecule has 0 fully saturated rings. The molecule has 2 atom stereocenters. The van der Waals surface area contributed by atoms with E-state index in [1.807, 2.05) is 123 Å². The van der Waals surface area contributed by atoms with Gasteiger partial charge in [-0.05, 0) is 98.1 Å². The Kier molecular flexibility index (Phi) is 14.2. The molecule has 0 heterocycles. The van der Waals surface area contributed by atoms with Gasteiger partial charge in [-0.2, -0.15) is 0 Å². The number of carbonyl (C=O) groups excluding carboxylic acids is 2. The molecule has 0 aliphatic carbocycles. The van der Waals surface area contributed by atoms with Crippen molar-refractivity contribution in [3.05, 3.63) is 106 Å². The second-order valence-corrected chi connectivity index (χ2v) is 14.3. The number of rotatable bonds is 8. The fourth-order valence-corrected chi connectivity index (χ4v) is 4.15. The molecule has 246 valence electrons. The summed E-state index contributed by atoms with van der Waals surface area (Å²) in [5, 5.41) is 0.664. The van der Waals surface area contributed by atoms with Crippen molar-refractivity contribution in [3.8, 4) is 0 Å². The van der Waals surface area contributed by atoms with Crippen LogP contribution in [0.5, 0.6) is 0 Å². The molecule has 0 saturated heterocycles. The van der Waals surface area contributed by atoms with Gasteiger partial charge < -0.3 is 15.2 Å². The molecule has 3 aromatic carbocycles. The Morgan fingerprint density at radius 2 is 1.09 bits per heavy atom.